The van der Waals surface area contributed by atoms with Gasteiger partial charge in [-0.05, 0) is 85.5 Å². The number of piperazine rings is 1. The summed E-state index contributed by atoms with van der Waals surface area (Å²) >= 11 is 0. The van der Waals surface area contributed by atoms with Crippen molar-refractivity contribution in [2.75, 3.05) is 68.8 Å². The lowest BCUT2D eigenvalue weighted by molar-refractivity contribution is 0.122. The van der Waals surface area contributed by atoms with Gasteiger partial charge in [-0.3, -0.25) is 4.90 Å². The van der Waals surface area contributed by atoms with Gasteiger partial charge in [-0.15, -0.1) is 0 Å². The van der Waals surface area contributed by atoms with Gasteiger partial charge in [-0.1, -0.05) is 40.0 Å². The highest BCUT2D eigenvalue weighted by Crippen LogP contribution is 2.46. The molecule has 0 amide bonds. The lowest BCUT2D eigenvalue weighted by atomic mass is 9.68. The first kappa shape index (κ1) is 25.4. The van der Waals surface area contributed by atoms with Crippen LogP contribution in [-0.4, -0.2) is 63.9 Å². The molecule has 2 aliphatic carbocycles. The number of hydrogen-bond acceptors (Lipinski definition) is 4. The molecule has 0 atom stereocenters. The maximum absolute atomic E-state index is 5.64. The fourth-order valence-electron chi connectivity index (χ4n) is 7.35. The molecule has 4 heteroatoms. The van der Waals surface area contributed by atoms with Gasteiger partial charge in [0, 0.05) is 57.2 Å². The van der Waals surface area contributed by atoms with Crippen molar-refractivity contribution in [3.63, 3.8) is 0 Å². The molecular weight excluding hydrogens is 430 g/mol. The molecule has 0 bridgehead atoms. The van der Waals surface area contributed by atoms with E-state index in [0.29, 0.717) is 11.3 Å². The average molecular weight is 482 g/mol. The third-order valence-electron chi connectivity index (χ3n) is 9.73. The number of hydrogen-bond donors (Lipinski definition) is 0. The first-order valence-electron chi connectivity index (χ1n) is 14.9. The zero-order chi connectivity index (χ0) is 24.3. The Morgan fingerprint density at radius 2 is 1.46 bits per heavy atom. The number of anilines is 2. The van der Waals surface area contributed by atoms with Crippen LogP contribution in [0.3, 0.4) is 0 Å². The second-order valence-corrected chi connectivity index (χ2v) is 13.0. The van der Waals surface area contributed by atoms with Gasteiger partial charge in [0.25, 0.3) is 0 Å². The molecule has 4 aliphatic rings. The Morgan fingerprint density at radius 3 is 2.11 bits per heavy atom. The smallest absolute Gasteiger partial charge is 0.0642 e. The van der Waals surface area contributed by atoms with E-state index in [2.05, 4.69) is 53.7 Å². The van der Waals surface area contributed by atoms with E-state index in [1.165, 1.54) is 96.2 Å². The van der Waals surface area contributed by atoms with Crippen LogP contribution in [-0.2, 0) is 4.74 Å². The maximum atomic E-state index is 5.64. The Labute approximate surface area is 215 Å². The van der Waals surface area contributed by atoms with Gasteiger partial charge in [0.15, 0.2) is 0 Å². The summed E-state index contributed by atoms with van der Waals surface area (Å²) in [7, 11) is 0. The summed E-state index contributed by atoms with van der Waals surface area (Å²) in [5, 5.41) is 0. The second kappa shape index (κ2) is 11.4. The molecule has 1 aromatic carbocycles. The van der Waals surface area contributed by atoms with Crippen LogP contribution in [0.25, 0.3) is 0 Å². The summed E-state index contributed by atoms with van der Waals surface area (Å²) in [6, 6.07) is 7.46. The predicted molar refractivity (Wildman–Crippen MR) is 149 cm³/mol. The Kier molecular flexibility index (Phi) is 8.29. The molecular formula is C31H51N3O. The Bertz CT molecular complexity index is 790. The number of nitrogens with zero attached hydrogens (tertiary/aromatic N) is 3. The van der Waals surface area contributed by atoms with Gasteiger partial charge in [-0.25, -0.2) is 0 Å². The zero-order valence-electron chi connectivity index (χ0n) is 22.9. The third-order valence-corrected chi connectivity index (χ3v) is 9.73. The molecule has 0 aromatic heterocycles. The van der Waals surface area contributed by atoms with E-state index in [9.17, 15) is 0 Å². The number of morpholine rings is 1. The summed E-state index contributed by atoms with van der Waals surface area (Å²) in [4.78, 5) is 8.04. The fourth-order valence-corrected chi connectivity index (χ4v) is 7.35. The van der Waals surface area contributed by atoms with E-state index in [0.717, 1.165) is 38.1 Å². The average Bonchev–Trinajstić information content (AvgIpc) is 2.90. The van der Waals surface area contributed by atoms with Gasteiger partial charge in [0.2, 0.25) is 0 Å². The standard InChI is InChI=1S/C31H51N3O/c1-31(2,3)27-11-9-26(10-12-27)29-23-28(33-19-21-35-22-20-33)13-14-30(29)34-17-15-32(16-18-34)24-25-7-5-4-6-8-25/h13-14,23,25-27H,4-12,15-22,24H2,1-3H3. The van der Waals surface area contributed by atoms with E-state index in [1.807, 2.05) is 0 Å². The van der Waals surface area contributed by atoms with Crippen molar-refractivity contribution >= 4 is 11.4 Å². The molecule has 2 heterocycles. The molecule has 2 saturated carbocycles. The van der Waals surface area contributed by atoms with Crippen LogP contribution in [0.4, 0.5) is 11.4 Å². The van der Waals surface area contributed by atoms with Gasteiger partial charge in [0.05, 0.1) is 13.2 Å². The van der Waals surface area contributed by atoms with E-state index >= 15 is 0 Å². The highest BCUT2D eigenvalue weighted by atomic mass is 16.5. The van der Waals surface area contributed by atoms with E-state index in [-0.39, 0.29) is 0 Å². The van der Waals surface area contributed by atoms with Gasteiger partial charge >= 0.3 is 0 Å². The van der Waals surface area contributed by atoms with Gasteiger partial charge < -0.3 is 14.5 Å². The van der Waals surface area contributed by atoms with Crippen molar-refractivity contribution in [1.82, 2.24) is 4.90 Å². The quantitative estimate of drug-likeness (QED) is 0.475. The van der Waals surface area contributed by atoms with Crippen molar-refractivity contribution in [2.45, 2.75) is 84.5 Å². The molecule has 35 heavy (non-hydrogen) atoms. The molecule has 2 saturated heterocycles. The van der Waals surface area contributed by atoms with Crippen molar-refractivity contribution in [2.24, 2.45) is 17.3 Å². The predicted octanol–water partition coefficient (Wildman–Crippen LogP) is 6.55. The van der Waals surface area contributed by atoms with Crippen molar-refractivity contribution in [1.29, 1.82) is 0 Å². The lowest BCUT2D eigenvalue weighted by Crippen LogP contribution is -2.48. The minimum Gasteiger partial charge on any atom is -0.378 e. The molecule has 1 aromatic rings. The summed E-state index contributed by atoms with van der Waals surface area (Å²) < 4.78 is 5.64. The molecule has 0 unspecified atom stereocenters. The number of benzene rings is 1. The normalized spacial score (nSPS) is 27.9. The summed E-state index contributed by atoms with van der Waals surface area (Å²) in [5.41, 5.74) is 5.04. The Balaban J connectivity index is 1.29. The van der Waals surface area contributed by atoms with Crippen LogP contribution < -0.4 is 9.80 Å². The first-order chi connectivity index (χ1) is 17.0. The molecule has 0 spiro atoms. The minimum absolute atomic E-state index is 0.443. The lowest BCUT2D eigenvalue weighted by Gasteiger charge is -2.41. The molecule has 196 valence electrons. The van der Waals surface area contributed by atoms with Crippen LogP contribution in [0.2, 0.25) is 0 Å². The monoisotopic (exact) mass is 481 g/mol. The Hall–Kier alpha value is -1.26. The summed E-state index contributed by atoms with van der Waals surface area (Å²) in [6.45, 7) is 17.3. The SMILES string of the molecule is CC(C)(C)C1CCC(c2cc(N3CCOCC3)ccc2N2CCN(CC3CCCCC3)CC2)CC1. The van der Waals surface area contributed by atoms with Crippen molar-refractivity contribution in [3.8, 4) is 0 Å². The van der Waals surface area contributed by atoms with Crippen LogP contribution in [0.15, 0.2) is 18.2 Å². The molecule has 0 radical (unpaired) electrons. The summed E-state index contributed by atoms with van der Waals surface area (Å²) in [5.74, 6) is 2.54. The molecule has 4 nitrogen and oxygen atoms in total. The molecule has 4 fully saturated rings. The Morgan fingerprint density at radius 1 is 0.771 bits per heavy atom. The molecule has 5 rings (SSSR count). The van der Waals surface area contributed by atoms with Crippen LogP contribution in [0.1, 0.15) is 90.0 Å². The van der Waals surface area contributed by atoms with E-state index < -0.39 is 0 Å². The number of rotatable bonds is 5. The first-order valence-corrected chi connectivity index (χ1v) is 14.9. The molecule has 2 aliphatic heterocycles. The van der Waals surface area contributed by atoms with Crippen LogP contribution >= 0.6 is 0 Å². The van der Waals surface area contributed by atoms with Gasteiger partial charge in [-0.2, -0.15) is 0 Å². The highest BCUT2D eigenvalue weighted by molar-refractivity contribution is 5.63. The largest absolute Gasteiger partial charge is 0.378 e. The van der Waals surface area contributed by atoms with Crippen molar-refractivity contribution in [3.05, 3.63) is 23.8 Å². The van der Waals surface area contributed by atoms with Crippen LogP contribution in [0.5, 0.6) is 0 Å². The fraction of sp³-hybridized carbons (Fsp3) is 0.806. The maximum Gasteiger partial charge on any atom is 0.0642 e. The topological polar surface area (TPSA) is 19.0 Å². The highest BCUT2D eigenvalue weighted by Gasteiger charge is 2.32. The third kappa shape index (κ3) is 6.36. The minimum atomic E-state index is 0.443. The molecule has 0 N–H and O–H groups in total. The van der Waals surface area contributed by atoms with E-state index in [4.69, 9.17) is 4.74 Å². The second-order valence-electron chi connectivity index (χ2n) is 13.0. The van der Waals surface area contributed by atoms with E-state index in [1.54, 1.807) is 11.3 Å². The van der Waals surface area contributed by atoms with Crippen LogP contribution in [0, 0.1) is 17.3 Å². The zero-order valence-corrected chi connectivity index (χ0v) is 22.9. The van der Waals surface area contributed by atoms with Gasteiger partial charge in [0.1, 0.15) is 0 Å². The van der Waals surface area contributed by atoms with Crippen molar-refractivity contribution < 1.29 is 4.74 Å². The number of ether oxygens (including phenoxy) is 1. The summed E-state index contributed by atoms with van der Waals surface area (Å²) in [6.07, 6.45) is 12.8.